The topological polar surface area (TPSA) is 80.9 Å². The first kappa shape index (κ1) is 9.53. The third-order valence-corrected chi connectivity index (χ3v) is 3.36. The van der Waals surface area contributed by atoms with Crippen LogP contribution in [0.3, 0.4) is 0 Å². The van der Waals surface area contributed by atoms with Gasteiger partial charge in [-0.3, -0.25) is 4.79 Å². The van der Waals surface area contributed by atoms with E-state index in [-0.39, 0.29) is 11.9 Å². The van der Waals surface area contributed by atoms with Crippen molar-refractivity contribution in [2.24, 2.45) is 0 Å². The second-order valence-corrected chi connectivity index (χ2v) is 4.73. The number of thiophene rings is 1. The normalized spacial score (nSPS) is 15.2. The quantitative estimate of drug-likeness (QED) is 0.817. The van der Waals surface area contributed by atoms with Gasteiger partial charge in [-0.25, -0.2) is 9.97 Å². The highest BCUT2D eigenvalue weighted by molar-refractivity contribution is 7.17. The minimum atomic E-state index is -0.149. The van der Waals surface area contributed by atoms with Crippen molar-refractivity contribution in [1.82, 2.24) is 15.3 Å². The first-order chi connectivity index (χ1) is 7.74. The van der Waals surface area contributed by atoms with Crippen LogP contribution in [0.1, 0.15) is 23.3 Å². The van der Waals surface area contributed by atoms with E-state index in [2.05, 4.69) is 15.3 Å². The Morgan fingerprint density at radius 3 is 3.06 bits per heavy atom. The molecule has 1 aliphatic rings. The van der Waals surface area contributed by atoms with Gasteiger partial charge in [-0.05, 0) is 24.3 Å². The lowest BCUT2D eigenvalue weighted by molar-refractivity contribution is 0.0948. The molecule has 1 amide bonds. The monoisotopic (exact) mass is 234 g/mol. The van der Waals surface area contributed by atoms with E-state index >= 15 is 0 Å². The molecule has 3 rings (SSSR count). The molecule has 82 valence electrons. The lowest BCUT2D eigenvalue weighted by Gasteiger charge is -2.04. The molecular formula is C10H10N4OS. The maximum atomic E-state index is 11.9. The number of amides is 1. The molecule has 16 heavy (non-hydrogen) atoms. The van der Waals surface area contributed by atoms with Crippen molar-refractivity contribution in [3.8, 4) is 0 Å². The summed E-state index contributed by atoms with van der Waals surface area (Å²) in [5, 5.41) is 4.78. The molecule has 2 heterocycles. The molecule has 0 aromatic carbocycles. The van der Waals surface area contributed by atoms with Crippen LogP contribution in [0.15, 0.2) is 11.4 Å². The van der Waals surface area contributed by atoms with Crippen LogP contribution in [0.2, 0.25) is 0 Å². The Balaban J connectivity index is 2.05. The Kier molecular flexibility index (Phi) is 2.03. The molecule has 2 aromatic heterocycles. The van der Waals surface area contributed by atoms with Crippen molar-refractivity contribution in [2.75, 3.05) is 5.73 Å². The number of nitrogens with zero attached hydrogens (tertiary/aromatic N) is 2. The van der Waals surface area contributed by atoms with Gasteiger partial charge in [-0.1, -0.05) is 0 Å². The van der Waals surface area contributed by atoms with Crippen LogP contribution in [-0.4, -0.2) is 21.9 Å². The number of aromatic nitrogens is 2. The molecule has 1 saturated carbocycles. The number of nitrogens with one attached hydrogen (secondary N) is 1. The van der Waals surface area contributed by atoms with E-state index in [9.17, 15) is 4.79 Å². The number of nitrogen functional groups attached to an aromatic ring is 1. The predicted octanol–water partition coefficient (Wildman–Crippen LogP) is 1.17. The zero-order valence-corrected chi connectivity index (χ0v) is 9.25. The summed E-state index contributed by atoms with van der Waals surface area (Å²) in [4.78, 5) is 20.0. The van der Waals surface area contributed by atoms with E-state index in [0.717, 1.165) is 23.1 Å². The van der Waals surface area contributed by atoms with Gasteiger partial charge in [0.1, 0.15) is 0 Å². The van der Waals surface area contributed by atoms with Crippen LogP contribution >= 0.6 is 11.3 Å². The number of anilines is 1. The molecule has 2 aromatic rings. The number of nitrogens with two attached hydrogens (primary N) is 1. The Morgan fingerprint density at radius 2 is 2.31 bits per heavy atom. The Morgan fingerprint density at radius 1 is 1.50 bits per heavy atom. The van der Waals surface area contributed by atoms with E-state index < -0.39 is 0 Å². The number of rotatable bonds is 2. The summed E-state index contributed by atoms with van der Waals surface area (Å²) >= 11 is 1.46. The zero-order chi connectivity index (χ0) is 11.1. The second kappa shape index (κ2) is 3.41. The molecular weight excluding hydrogens is 224 g/mol. The third-order valence-electron chi connectivity index (χ3n) is 2.45. The SMILES string of the molecule is Nc1nc(C(=O)NC2CC2)c2sccc2n1. The van der Waals surface area contributed by atoms with Crippen molar-refractivity contribution in [1.29, 1.82) is 0 Å². The Labute approximate surface area is 95.7 Å². The Bertz CT molecular complexity index is 561. The summed E-state index contributed by atoms with van der Waals surface area (Å²) in [6.07, 6.45) is 2.11. The number of hydrogen-bond acceptors (Lipinski definition) is 5. The molecule has 0 atom stereocenters. The van der Waals surface area contributed by atoms with Gasteiger partial charge in [0.05, 0.1) is 10.2 Å². The summed E-state index contributed by atoms with van der Waals surface area (Å²) < 4.78 is 0.798. The summed E-state index contributed by atoms with van der Waals surface area (Å²) in [6, 6.07) is 2.16. The van der Waals surface area contributed by atoms with Gasteiger partial charge < -0.3 is 11.1 Å². The molecule has 0 spiro atoms. The van der Waals surface area contributed by atoms with Crippen LogP contribution in [0.25, 0.3) is 10.2 Å². The first-order valence-corrected chi connectivity index (χ1v) is 5.93. The largest absolute Gasteiger partial charge is 0.368 e. The van der Waals surface area contributed by atoms with E-state index in [0.29, 0.717) is 11.7 Å². The van der Waals surface area contributed by atoms with Crippen molar-refractivity contribution >= 4 is 33.4 Å². The number of fused-ring (bicyclic) bond motifs is 1. The highest BCUT2D eigenvalue weighted by atomic mass is 32.1. The molecule has 1 fully saturated rings. The van der Waals surface area contributed by atoms with Gasteiger partial charge in [0, 0.05) is 6.04 Å². The maximum Gasteiger partial charge on any atom is 0.271 e. The minimum absolute atomic E-state index is 0.145. The van der Waals surface area contributed by atoms with Gasteiger partial charge in [0.15, 0.2) is 5.69 Å². The highest BCUT2D eigenvalue weighted by Crippen LogP contribution is 2.24. The minimum Gasteiger partial charge on any atom is -0.368 e. The molecule has 0 unspecified atom stereocenters. The molecule has 6 heteroatoms. The van der Waals surface area contributed by atoms with E-state index in [1.54, 1.807) is 0 Å². The standard InChI is InChI=1S/C10H10N4OS/c11-10-13-6-3-4-16-8(6)7(14-10)9(15)12-5-1-2-5/h3-5H,1-2H2,(H,12,15)(H2,11,13,14). The summed E-state index contributed by atoms with van der Waals surface area (Å²) in [5.74, 6) is -0.00380. The third kappa shape index (κ3) is 1.61. The molecule has 1 aliphatic carbocycles. The Hall–Kier alpha value is -1.69. The van der Waals surface area contributed by atoms with Crippen molar-refractivity contribution in [3.63, 3.8) is 0 Å². The van der Waals surface area contributed by atoms with Gasteiger partial charge in [0.2, 0.25) is 5.95 Å². The fourth-order valence-electron chi connectivity index (χ4n) is 1.52. The van der Waals surface area contributed by atoms with Crippen LogP contribution in [0.4, 0.5) is 5.95 Å². The molecule has 0 saturated heterocycles. The van der Waals surface area contributed by atoms with E-state index in [1.807, 2.05) is 11.4 Å². The van der Waals surface area contributed by atoms with Gasteiger partial charge in [-0.15, -0.1) is 11.3 Å². The number of hydrogen-bond donors (Lipinski definition) is 2. The lowest BCUT2D eigenvalue weighted by atomic mass is 10.3. The van der Waals surface area contributed by atoms with Gasteiger partial charge in [-0.2, -0.15) is 0 Å². The van der Waals surface area contributed by atoms with Crippen molar-refractivity contribution in [2.45, 2.75) is 18.9 Å². The summed E-state index contributed by atoms with van der Waals surface area (Å²) in [7, 11) is 0. The predicted molar refractivity (Wildman–Crippen MR) is 62.3 cm³/mol. The zero-order valence-electron chi connectivity index (χ0n) is 8.43. The van der Waals surface area contributed by atoms with Crippen LogP contribution < -0.4 is 11.1 Å². The van der Waals surface area contributed by atoms with Crippen molar-refractivity contribution in [3.05, 3.63) is 17.1 Å². The average molecular weight is 234 g/mol. The van der Waals surface area contributed by atoms with Crippen molar-refractivity contribution < 1.29 is 4.79 Å². The fraction of sp³-hybridized carbons (Fsp3) is 0.300. The molecule has 0 bridgehead atoms. The average Bonchev–Trinajstić information content (AvgIpc) is 2.93. The van der Waals surface area contributed by atoms with Crippen LogP contribution in [-0.2, 0) is 0 Å². The summed E-state index contributed by atoms with van der Waals surface area (Å²) in [5.41, 5.74) is 6.70. The smallest absolute Gasteiger partial charge is 0.271 e. The van der Waals surface area contributed by atoms with Gasteiger partial charge >= 0.3 is 0 Å². The van der Waals surface area contributed by atoms with Gasteiger partial charge in [0.25, 0.3) is 5.91 Å². The molecule has 0 radical (unpaired) electrons. The molecule has 0 aliphatic heterocycles. The summed E-state index contributed by atoms with van der Waals surface area (Å²) in [6.45, 7) is 0. The maximum absolute atomic E-state index is 11.9. The first-order valence-electron chi connectivity index (χ1n) is 5.05. The number of carbonyl (C=O) groups is 1. The fourth-order valence-corrected chi connectivity index (χ4v) is 2.33. The van der Waals surface area contributed by atoms with Crippen LogP contribution in [0, 0.1) is 0 Å². The molecule has 3 N–H and O–H groups in total. The molecule has 5 nitrogen and oxygen atoms in total. The van der Waals surface area contributed by atoms with E-state index in [4.69, 9.17) is 5.73 Å². The lowest BCUT2D eigenvalue weighted by Crippen LogP contribution is -2.26. The number of carbonyl (C=O) groups excluding carboxylic acids is 1. The van der Waals surface area contributed by atoms with E-state index in [1.165, 1.54) is 11.3 Å². The second-order valence-electron chi connectivity index (χ2n) is 3.81. The van der Waals surface area contributed by atoms with Crippen LogP contribution in [0.5, 0.6) is 0 Å². The highest BCUT2D eigenvalue weighted by Gasteiger charge is 2.25.